The number of likely N-dealkylation sites (tertiary alicyclic amines) is 1. The summed E-state index contributed by atoms with van der Waals surface area (Å²) in [5.41, 5.74) is 2.94. The molecule has 0 bridgehead atoms. The van der Waals surface area contributed by atoms with Gasteiger partial charge in [-0.2, -0.15) is 0 Å². The van der Waals surface area contributed by atoms with Gasteiger partial charge in [-0.05, 0) is 67.6 Å². The average molecular weight is 395 g/mol. The predicted molar refractivity (Wildman–Crippen MR) is 113 cm³/mol. The van der Waals surface area contributed by atoms with E-state index in [2.05, 4.69) is 29.3 Å². The number of rotatable bonds is 5. The van der Waals surface area contributed by atoms with Gasteiger partial charge in [-0.15, -0.1) is 0 Å². The summed E-state index contributed by atoms with van der Waals surface area (Å²) in [6.45, 7) is 8.72. The molecule has 2 aromatic rings. The summed E-state index contributed by atoms with van der Waals surface area (Å²) >= 11 is 0. The smallest absolute Gasteiger partial charge is 0.251 e. The van der Waals surface area contributed by atoms with Gasteiger partial charge >= 0.3 is 0 Å². The third-order valence-electron chi connectivity index (χ3n) is 5.78. The number of ether oxygens (including phenoxy) is 2. The second kappa shape index (κ2) is 8.87. The van der Waals surface area contributed by atoms with Gasteiger partial charge in [0, 0.05) is 18.7 Å². The van der Waals surface area contributed by atoms with E-state index in [9.17, 15) is 4.79 Å². The van der Waals surface area contributed by atoms with E-state index < -0.39 is 0 Å². The summed E-state index contributed by atoms with van der Waals surface area (Å²) < 4.78 is 11.2. The first-order valence-corrected chi connectivity index (χ1v) is 10.6. The van der Waals surface area contributed by atoms with E-state index in [1.54, 1.807) is 0 Å². The van der Waals surface area contributed by atoms with Crippen molar-refractivity contribution < 1.29 is 14.3 Å². The van der Waals surface area contributed by atoms with E-state index in [1.807, 2.05) is 37.3 Å². The summed E-state index contributed by atoms with van der Waals surface area (Å²) in [4.78, 5) is 15.2. The molecule has 1 amide bonds. The normalized spacial score (nSPS) is 20.1. The third kappa shape index (κ3) is 4.91. The Morgan fingerprint density at radius 3 is 2.66 bits per heavy atom. The molecule has 0 saturated carbocycles. The highest BCUT2D eigenvalue weighted by Gasteiger charge is 2.18. The summed E-state index contributed by atoms with van der Waals surface area (Å²) in [5.74, 6) is 2.21. The van der Waals surface area contributed by atoms with Crippen molar-refractivity contribution in [1.82, 2.24) is 10.2 Å². The SMILES string of the molecule is CC1CCCN(Cc2ccc(C(=O)NC(C)c3ccc4c(c3)OCCO4)cc2)C1. The molecule has 4 rings (SSSR count). The van der Waals surface area contributed by atoms with Crippen molar-refractivity contribution in [2.24, 2.45) is 5.92 Å². The highest BCUT2D eigenvalue weighted by Crippen LogP contribution is 2.32. The van der Waals surface area contributed by atoms with Crippen LogP contribution in [-0.4, -0.2) is 37.1 Å². The standard InChI is InChI=1S/C24H30N2O3/c1-17-4-3-11-26(15-17)16-19-5-7-20(8-6-19)24(27)25-18(2)21-9-10-22-23(14-21)29-13-12-28-22/h5-10,14,17-18H,3-4,11-13,15-16H2,1-2H3,(H,25,27). The van der Waals surface area contributed by atoms with Gasteiger partial charge in [-0.3, -0.25) is 9.69 Å². The van der Waals surface area contributed by atoms with E-state index in [0.717, 1.165) is 36.1 Å². The zero-order chi connectivity index (χ0) is 20.2. The summed E-state index contributed by atoms with van der Waals surface area (Å²) in [7, 11) is 0. The minimum atomic E-state index is -0.118. The zero-order valence-electron chi connectivity index (χ0n) is 17.3. The first-order chi connectivity index (χ1) is 14.1. The van der Waals surface area contributed by atoms with Crippen molar-refractivity contribution in [1.29, 1.82) is 0 Å². The van der Waals surface area contributed by atoms with E-state index in [0.29, 0.717) is 18.8 Å². The van der Waals surface area contributed by atoms with Crippen molar-refractivity contribution in [2.75, 3.05) is 26.3 Å². The van der Waals surface area contributed by atoms with E-state index >= 15 is 0 Å². The molecule has 5 heteroatoms. The quantitative estimate of drug-likeness (QED) is 0.827. The molecule has 1 saturated heterocycles. The molecule has 154 valence electrons. The monoisotopic (exact) mass is 394 g/mol. The van der Waals surface area contributed by atoms with Crippen LogP contribution in [0.2, 0.25) is 0 Å². The molecule has 1 fully saturated rings. The fourth-order valence-corrected chi connectivity index (χ4v) is 4.14. The van der Waals surface area contributed by atoms with Crippen LogP contribution in [0.25, 0.3) is 0 Å². The van der Waals surface area contributed by atoms with Crippen LogP contribution in [0.15, 0.2) is 42.5 Å². The van der Waals surface area contributed by atoms with Gasteiger partial charge in [0.25, 0.3) is 5.91 Å². The molecule has 1 N–H and O–H groups in total. The Morgan fingerprint density at radius 1 is 1.14 bits per heavy atom. The number of piperidine rings is 1. The Morgan fingerprint density at radius 2 is 1.90 bits per heavy atom. The number of carbonyl (C=O) groups excluding carboxylic acids is 1. The molecule has 0 spiro atoms. The Balaban J connectivity index is 1.35. The Bertz CT molecular complexity index is 850. The molecule has 29 heavy (non-hydrogen) atoms. The number of hydrogen-bond donors (Lipinski definition) is 1. The van der Waals surface area contributed by atoms with Crippen LogP contribution in [0.5, 0.6) is 11.5 Å². The lowest BCUT2D eigenvalue weighted by Gasteiger charge is -2.30. The molecule has 0 aliphatic carbocycles. The van der Waals surface area contributed by atoms with Crippen LogP contribution in [0, 0.1) is 5.92 Å². The van der Waals surface area contributed by atoms with E-state index in [1.165, 1.54) is 24.9 Å². The van der Waals surface area contributed by atoms with Crippen LogP contribution < -0.4 is 14.8 Å². The summed E-state index contributed by atoms with van der Waals surface area (Å²) in [6.07, 6.45) is 2.61. The first-order valence-electron chi connectivity index (χ1n) is 10.6. The fourth-order valence-electron chi connectivity index (χ4n) is 4.14. The average Bonchev–Trinajstić information content (AvgIpc) is 2.74. The number of nitrogens with one attached hydrogen (secondary N) is 1. The van der Waals surface area contributed by atoms with Gasteiger partial charge < -0.3 is 14.8 Å². The zero-order valence-corrected chi connectivity index (χ0v) is 17.3. The maximum Gasteiger partial charge on any atom is 0.251 e. The topological polar surface area (TPSA) is 50.8 Å². The second-order valence-electron chi connectivity index (χ2n) is 8.28. The second-order valence-corrected chi connectivity index (χ2v) is 8.28. The minimum Gasteiger partial charge on any atom is -0.486 e. The van der Waals surface area contributed by atoms with Crippen molar-refractivity contribution in [2.45, 2.75) is 39.3 Å². The lowest BCUT2D eigenvalue weighted by Crippen LogP contribution is -2.33. The molecule has 2 aliphatic rings. The van der Waals surface area contributed by atoms with Gasteiger partial charge in [0.2, 0.25) is 0 Å². The summed E-state index contributed by atoms with van der Waals surface area (Å²) in [5, 5.41) is 3.08. The largest absolute Gasteiger partial charge is 0.486 e. The van der Waals surface area contributed by atoms with E-state index in [4.69, 9.17) is 9.47 Å². The third-order valence-corrected chi connectivity index (χ3v) is 5.78. The van der Waals surface area contributed by atoms with Crippen LogP contribution in [-0.2, 0) is 6.54 Å². The number of fused-ring (bicyclic) bond motifs is 1. The van der Waals surface area contributed by atoms with Crippen LogP contribution >= 0.6 is 0 Å². The first kappa shape index (κ1) is 19.8. The number of carbonyl (C=O) groups is 1. The number of benzene rings is 2. The van der Waals surface area contributed by atoms with Crippen LogP contribution in [0.4, 0.5) is 0 Å². The van der Waals surface area contributed by atoms with Crippen molar-refractivity contribution in [3.05, 3.63) is 59.2 Å². The maximum atomic E-state index is 12.7. The van der Waals surface area contributed by atoms with Gasteiger partial charge in [0.15, 0.2) is 11.5 Å². The van der Waals surface area contributed by atoms with Crippen LogP contribution in [0.3, 0.4) is 0 Å². The molecule has 2 heterocycles. The lowest BCUT2D eigenvalue weighted by molar-refractivity contribution is 0.0939. The molecular weight excluding hydrogens is 364 g/mol. The van der Waals surface area contributed by atoms with Crippen LogP contribution in [0.1, 0.15) is 54.2 Å². The number of nitrogens with zero attached hydrogens (tertiary/aromatic N) is 1. The molecule has 2 aromatic carbocycles. The minimum absolute atomic E-state index is 0.0643. The van der Waals surface area contributed by atoms with Crippen molar-refractivity contribution in [3.63, 3.8) is 0 Å². The molecule has 0 radical (unpaired) electrons. The Labute approximate surface area is 173 Å². The molecule has 5 nitrogen and oxygen atoms in total. The van der Waals surface area contributed by atoms with Gasteiger partial charge in [-0.1, -0.05) is 25.1 Å². The Hall–Kier alpha value is -2.53. The lowest BCUT2D eigenvalue weighted by atomic mass is 9.99. The van der Waals surface area contributed by atoms with Crippen molar-refractivity contribution in [3.8, 4) is 11.5 Å². The molecule has 2 atom stereocenters. The number of hydrogen-bond acceptors (Lipinski definition) is 4. The Kier molecular flexibility index (Phi) is 6.05. The molecule has 2 aliphatic heterocycles. The highest BCUT2D eigenvalue weighted by molar-refractivity contribution is 5.94. The number of amides is 1. The molecule has 0 aromatic heterocycles. The highest BCUT2D eigenvalue weighted by atomic mass is 16.6. The fraction of sp³-hybridized carbons (Fsp3) is 0.458. The van der Waals surface area contributed by atoms with Gasteiger partial charge in [-0.25, -0.2) is 0 Å². The molecular formula is C24H30N2O3. The van der Waals surface area contributed by atoms with E-state index in [-0.39, 0.29) is 11.9 Å². The van der Waals surface area contributed by atoms with Gasteiger partial charge in [0.05, 0.1) is 6.04 Å². The van der Waals surface area contributed by atoms with Crippen molar-refractivity contribution >= 4 is 5.91 Å². The van der Waals surface area contributed by atoms with Gasteiger partial charge in [0.1, 0.15) is 13.2 Å². The predicted octanol–water partition coefficient (Wildman–Crippen LogP) is 4.18. The maximum absolute atomic E-state index is 12.7. The summed E-state index contributed by atoms with van der Waals surface area (Å²) in [6, 6.07) is 13.7. The molecule has 2 unspecified atom stereocenters.